The Kier molecular flexibility index (Phi) is 3.34. The number of amides is 1. The molecule has 0 bridgehead atoms. The summed E-state index contributed by atoms with van der Waals surface area (Å²) >= 11 is 0. The Balaban J connectivity index is 2.72. The Morgan fingerprint density at radius 1 is 1.43 bits per heavy atom. The van der Waals surface area contributed by atoms with Gasteiger partial charge in [0.05, 0.1) is 6.42 Å². The van der Waals surface area contributed by atoms with Crippen LogP contribution in [0.25, 0.3) is 0 Å². The van der Waals surface area contributed by atoms with E-state index < -0.39 is 0 Å². The summed E-state index contributed by atoms with van der Waals surface area (Å²) in [5.74, 6) is -0.0241. The first-order valence-electron chi connectivity index (χ1n) is 4.54. The number of hydrogen-bond acceptors (Lipinski definition) is 3. The summed E-state index contributed by atoms with van der Waals surface area (Å²) in [6, 6.07) is 5.18. The van der Waals surface area contributed by atoms with Gasteiger partial charge in [0, 0.05) is 17.9 Å². The molecular weight excluding hydrogens is 178 g/mol. The third-order valence-electron chi connectivity index (χ3n) is 1.89. The molecule has 0 saturated carbocycles. The summed E-state index contributed by atoms with van der Waals surface area (Å²) in [5.41, 5.74) is 13.2. The first kappa shape index (κ1) is 10.4. The summed E-state index contributed by atoms with van der Waals surface area (Å²) in [6.45, 7) is 2.51. The lowest BCUT2D eigenvalue weighted by Gasteiger charge is -2.06. The van der Waals surface area contributed by atoms with Gasteiger partial charge in [-0.3, -0.25) is 4.79 Å². The zero-order chi connectivity index (χ0) is 10.6. The van der Waals surface area contributed by atoms with Crippen LogP contribution in [0.2, 0.25) is 0 Å². The average Bonchev–Trinajstić information content (AvgIpc) is 2.10. The van der Waals surface area contributed by atoms with Crippen LogP contribution < -0.4 is 16.8 Å². The number of anilines is 2. The van der Waals surface area contributed by atoms with Gasteiger partial charge >= 0.3 is 0 Å². The SMILES string of the molecule is CCNC(=O)Cc1ccc(N)cc1N. The van der Waals surface area contributed by atoms with E-state index in [2.05, 4.69) is 5.32 Å². The smallest absolute Gasteiger partial charge is 0.224 e. The number of hydrogen-bond donors (Lipinski definition) is 3. The Labute approximate surface area is 83.3 Å². The number of carbonyl (C=O) groups is 1. The molecule has 1 aromatic carbocycles. The molecule has 0 fully saturated rings. The minimum atomic E-state index is -0.0241. The van der Waals surface area contributed by atoms with Crippen molar-refractivity contribution in [1.29, 1.82) is 0 Å². The van der Waals surface area contributed by atoms with Crippen molar-refractivity contribution in [2.24, 2.45) is 0 Å². The van der Waals surface area contributed by atoms with E-state index in [0.29, 0.717) is 24.3 Å². The fraction of sp³-hybridized carbons (Fsp3) is 0.300. The highest BCUT2D eigenvalue weighted by Crippen LogP contribution is 2.15. The molecule has 0 spiro atoms. The summed E-state index contributed by atoms with van der Waals surface area (Å²) in [6.07, 6.45) is 0.306. The Morgan fingerprint density at radius 2 is 2.14 bits per heavy atom. The van der Waals surface area contributed by atoms with Crippen molar-refractivity contribution in [3.63, 3.8) is 0 Å². The minimum absolute atomic E-state index is 0.0241. The van der Waals surface area contributed by atoms with Gasteiger partial charge in [0.15, 0.2) is 0 Å². The van der Waals surface area contributed by atoms with Gasteiger partial charge in [0.25, 0.3) is 0 Å². The fourth-order valence-electron chi connectivity index (χ4n) is 1.21. The number of nitrogens with two attached hydrogens (primary N) is 2. The van der Waals surface area contributed by atoms with Gasteiger partial charge in [0.1, 0.15) is 0 Å². The van der Waals surface area contributed by atoms with Gasteiger partial charge in [-0.25, -0.2) is 0 Å². The van der Waals surface area contributed by atoms with E-state index in [1.165, 1.54) is 0 Å². The monoisotopic (exact) mass is 193 g/mol. The van der Waals surface area contributed by atoms with Gasteiger partial charge in [-0.2, -0.15) is 0 Å². The standard InChI is InChI=1S/C10H15N3O/c1-2-13-10(14)5-7-3-4-8(11)6-9(7)12/h3-4,6H,2,5,11-12H2,1H3,(H,13,14). The maximum absolute atomic E-state index is 11.3. The third-order valence-corrected chi connectivity index (χ3v) is 1.89. The zero-order valence-electron chi connectivity index (χ0n) is 8.21. The number of carbonyl (C=O) groups excluding carboxylic acids is 1. The van der Waals surface area contributed by atoms with Crippen LogP contribution >= 0.6 is 0 Å². The Morgan fingerprint density at radius 3 is 2.71 bits per heavy atom. The van der Waals surface area contributed by atoms with Crippen LogP contribution in [-0.2, 0) is 11.2 Å². The van der Waals surface area contributed by atoms with Crippen LogP contribution in [0.5, 0.6) is 0 Å². The molecule has 4 nitrogen and oxygen atoms in total. The van der Waals surface area contributed by atoms with Crippen molar-refractivity contribution < 1.29 is 4.79 Å². The molecule has 4 heteroatoms. The molecular formula is C10H15N3O. The second-order valence-electron chi connectivity index (χ2n) is 3.09. The van der Waals surface area contributed by atoms with E-state index in [0.717, 1.165) is 5.56 Å². The maximum atomic E-state index is 11.3. The number of nitrogen functional groups attached to an aromatic ring is 2. The molecule has 0 aliphatic carbocycles. The van der Waals surface area contributed by atoms with Crippen molar-refractivity contribution in [3.05, 3.63) is 23.8 Å². The highest BCUT2D eigenvalue weighted by molar-refractivity contribution is 5.80. The lowest BCUT2D eigenvalue weighted by molar-refractivity contribution is -0.120. The molecule has 0 aliphatic heterocycles. The topological polar surface area (TPSA) is 81.1 Å². The average molecular weight is 193 g/mol. The molecule has 1 amide bonds. The molecule has 0 radical (unpaired) electrons. The second-order valence-corrected chi connectivity index (χ2v) is 3.09. The van der Waals surface area contributed by atoms with Gasteiger partial charge in [-0.1, -0.05) is 6.07 Å². The summed E-state index contributed by atoms with van der Waals surface area (Å²) in [7, 11) is 0. The van der Waals surface area contributed by atoms with Crippen molar-refractivity contribution in [1.82, 2.24) is 5.32 Å². The van der Waals surface area contributed by atoms with Crippen LogP contribution in [0, 0.1) is 0 Å². The van der Waals surface area contributed by atoms with Crippen LogP contribution in [-0.4, -0.2) is 12.5 Å². The molecule has 1 rings (SSSR count). The van der Waals surface area contributed by atoms with Gasteiger partial charge in [-0.15, -0.1) is 0 Å². The highest BCUT2D eigenvalue weighted by Gasteiger charge is 2.05. The second kappa shape index (κ2) is 4.50. The van der Waals surface area contributed by atoms with E-state index >= 15 is 0 Å². The van der Waals surface area contributed by atoms with E-state index in [1.54, 1.807) is 18.2 Å². The fourth-order valence-corrected chi connectivity index (χ4v) is 1.21. The molecule has 0 saturated heterocycles. The molecule has 14 heavy (non-hydrogen) atoms. The largest absolute Gasteiger partial charge is 0.399 e. The van der Waals surface area contributed by atoms with Gasteiger partial charge in [-0.05, 0) is 24.6 Å². The van der Waals surface area contributed by atoms with Crippen molar-refractivity contribution >= 4 is 17.3 Å². The van der Waals surface area contributed by atoms with Crippen molar-refractivity contribution in [2.45, 2.75) is 13.3 Å². The quantitative estimate of drug-likeness (QED) is 0.612. The van der Waals surface area contributed by atoms with Gasteiger partial charge < -0.3 is 16.8 Å². The van der Waals surface area contributed by atoms with E-state index in [9.17, 15) is 4.79 Å². The van der Waals surface area contributed by atoms with Crippen LogP contribution in [0.1, 0.15) is 12.5 Å². The predicted molar refractivity (Wildman–Crippen MR) is 57.7 cm³/mol. The minimum Gasteiger partial charge on any atom is -0.399 e. The number of nitrogens with one attached hydrogen (secondary N) is 1. The lowest BCUT2D eigenvalue weighted by Crippen LogP contribution is -2.24. The van der Waals surface area contributed by atoms with Crippen LogP contribution in [0.4, 0.5) is 11.4 Å². The van der Waals surface area contributed by atoms with E-state index in [4.69, 9.17) is 11.5 Å². The lowest BCUT2D eigenvalue weighted by atomic mass is 10.1. The van der Waals surface area contributed by atoms with E-state index in [1.807, 2.05) is 6.92 Å². The normalized spacial score (nSPS) is 9.79. The molecule has 0 unspecified atom stereocenters. The maximum Gasteiger partial charge on any atom is 0.224 e. The van der Waals surface area contributed by atoms with Crippen molar-refractivity contribution in [3.8, 4) is 0 Å². The van der Waals surface area contributed by atoms with Crippen LogP contribution in [0.15, 0.2) is 18.2 Å². The predicted octanol–water partition coefficient (Wildman–Crippen LogP) is 0.530. The first-order chi connectivity index (χ1) is 6.63. The number of rotatable bonds is 3. The Bertz CT molecular complexity index is 336. The van der Waals surface area contributed by atoms with Crippen LogP contribution in [0.3, 0.4) is 0 Å². The molecule has 1 aromatic rings. The Hall–Kier alpha value is -1.71. The molecule has 0 atom stereocenters. The number of benzene rings is 1. The van der Waals surface area contributed by atoms with Gasteiger partial charge in [0.2, 0.25) is 5.91 Å². The molecule has 0 heterocycles. The molecule has 76 valence electrons. The summed E-state index contributed by atoms with van der Waals surface area (Å²) in [5, 5.41) is 2.71. The molecule has 0 aromatic heterocycles. The first-order valence-corrected chi connectivity index (χ1v) is 4.54. The molecule has 5 N–H and O–H groups in total. The van der Waals surface area contributed by atoms with E-state index in [-0.39, 0.29) is 5.91 Å². The summed E-state index contributed by atoms with van der Waals surface area (Å²) in [4.78, 5) is 11.3. The third kappa shape index (κ3) is 2.65. The zero-order valence-corrected chi connectivity index (χ0v) is 8.21. The summed E-state index contributed by atoms with van der Waals surface area (Å²) < 4.78 is 0. The highest BCUT2D eigenvalue weighted by atomic mass is 16.1. The number of likely N-dealkylation sites (N-methyl/N-ethyl adjacent to an activating group) is 1. The molecule has 0 aliphatic rings. The van der Waals surface area contributed by atoms with Crippen molar-refractivity contribution in [2.75, 3.05) is 18.0 Å².